The van der Waals surface area contributed by atoms with Gasteiger partial charge in [0.2, 0.25) is 0 Å². The highest BCUT2D eigenvalue weighted by atomic mass is 35.5. The average Bonchev–Trinajstić information content (AvgIpc) is 3.00. The zero-order valence-electron chi connectivity index (χ0n) is 22.4. The van der Waals surface area contributed by atoms with Crippen molar-refractivity contribution in [1.82, 2.24) is 4.98 Å². The topological polar surface area (TPSA) is 78.0 Å². The van der Waals surface area contributed by atoms with E-state index in [1.807, 2.05) is 17.0 Å². The largest absolute Gasteiger partial charge is 0.490 e. The number of carbonyl (C=O) groups excluding carboxylic acids is 2. The predicted molar refractivity (Wildman–Crippen MR) is 149 cm³/mol. The zero-order valence-corrected chi connectivity index (χ0v) is 23.2. The second-order valence-corrected chi connectivity index (χ2v) is 10.7. The number of ether oxygens (including phenoxy) is 3. The summed E-state index contributed by atoms with van der Waals surface area (Å²) < 4.78 is 31.9. The highest BCUT2D eigenvalue weighted by Gasteiger charge is 2.35. The molecule has 1 fully saturated rings. The summed E-state index contributed by atoms with van der Waals surface area (Å²) in [6.07, 6.45) is 3.88. The Morgan fingerprint density at radius 1 is 1.05 bits per heavy atom. The lowest BCUT2D eigenvalue weighted by Crippen LogP contribution is -2.41. The van der Waals surface area contributed by atoms with Crippen LogP contribution in [0.15, 0.2) is 54.6 Å². The third kappa shape index (κ3) is 6.22. The molecule has 3 aromatic rings. The maximum absolute atomic E-state index is 15.2. The van der Waals surface area contributed by atoms with E-state index in [2.05, 4.69) is 4.98 Å². The number of rotatable bonds is 6. The Labute approximate surface area is 238 Å². The average molecular weight is 567 g/mol. The minimum atomic E-state index is -0.551. The second-order valence-electron chi connectivity index (χ2n) is 10.3. The van der Waals surface area contributed by atoms with Crippen LogP contribution >= 0.6 is 11.6 Å². The van der Waals surface area contributed by atoms with Crippen LogP contribution in [0.3, 0.4) is 0 Å². The quantitative estimate of drug-likeness (QED) is 0.326. The summed E-state index contributed by atoms with van der Waals surface area (Å²) in [5, 5.41) is 0.0993. The van der Waals surface area contributed by atoms with Gasteiger partial charge in [-0.3, -0.25) is 0 Å². The molecule has 0 saturated heterocycles. The van der Waals surface area contributed by atoms with Gasteiger partial charge in [0, 0.05) is 13.1 Å². The molecule has 0 amide bonds. The van der Waals surface area contributed by atoms with Gasteiger partial charge in [-0.1, -0.05) is 35.9 Å². The minimum absolute atomic E-state index is 0.0993. The number of nitrogens with zero attached hydrogens (tertiary/aromatic N) is 2. The van der Waals surface area contributed by atoms with Crippen LogP contribution in [0.5, 0.6) is 5.75 Å². The molecule has 0 unspecified atom stereocenters. The van der Waals surface area contributed by atoms with Crippen LogP contribution in [0.25, 0.3) is 0 Å². The summed E-state index contributed by atoms with van der Waals surface area (Å²) >= 11 is 6.16. The van der Waals surface area contributed by atoms with E-state index in [4.69, 9.17) is 25.8 Å². The first-order valence-corrected chi connectivity index (χ1v) is 14.0. The molecule has 2 heterocycles. The Morgan fingerprint density at radius 3 is 2.60 bits per heavy atom. The number of hydrogen-bond acceptors (Lipinski definition) is 7. The van der Waals surface area contributed by atoms with Crippen LogP contribution in [0.2, 0.25) is 5.02 Å². The second kappa shape index (κ2) is 12.7. The van der Waals surface area contributed by atoms with Crippen LogP contribution < -0.4 is 9.64 Å². The third-order valence-corrected chi connectivity index (χ3v) is 8.03. The molecule has 40 heavy (non-hydrogen) atoms. The number of hydrogen-bond donors (Lipinski definition) is 0. The van der Waals surface area contributed by atoms with Crippen molar-refractivity contribution in [2.45, 2.75) is 38.6 Å². The van der Waals surface area contributed by atoms with E-state index in [1.54, 1.807) is 42.5 Å². The summed E-state index contributed by atoms with van der Waals surface area (Å²) in [7, 11) is 1.31. The van der Waals surface area contributed by atoms with E-state index in [-0.39, 0.29) is 28.5 Å². The maximum Gasteiger partial charge on any atom is 0.356 e. The molecule has 7 nitrogen and oxygen atoms in total. The van der Waals surface area contributed by atoms with Crippen molar-refractivity contribution in [1.29, 1.82) is 0 Å². The Balaban J connectivity index is 1.43. The van der Waals surface area contributed by atoms with Gasteiger partial charge in [-0.2, -0.15) is 0 Å². The molecule has 5 rings (SSSR count). The van der Waals surface area contributed by atoms with E-state index < -0.39 is 11.8 Å². The van der Waals surface area contributed by atoms with Crippen LogP contribution in [0.4, 0.5) is 10.2 Å². The summed E-state index contributed by atoms with van der Waals surface area (Å²) in [4.78, 5) is 31.6. The number of methoxy groups -OCH3 is 1. The van der Waals surface area contributed by atoms with Crippen molar-refractivity contribution in [3.8, 4) is 5.75 Å². The first kappa shape index (κ1) is 27.9. The van der Waals surface area contributed by atoms with Gasteiger partial charge in [-0.25, -0.2) is 19.0 Å². The fourth-order valence-corrected chi connectivity index (χ4v) is 5.46. The van der Waals surface area contributed by atoms with Gasteiger partial charge in [-0.05, 0) is 85.4 Å². The number of benzene rings is 2. The molecular formula is C31H32ClFN2O5. The fourth-order valence-electron chi connectivity index (χ4n) is 5.28. The molecule has 9 heteroatoms. The van der Waals surface area contributed by atoms with Crippen LogP contribution in [-0.4, -0.2) is 43.8 Å². The third-order valence-electron chi connectivity index (χ3n) is 7.73. The van der Waals surface area contributed by atoms with Crippen LogP contribution in [-0.2, 0) is 22.4 Å². The number of halogens is 2. The van der Waals surface area contributed by atoms with Gasteiger partial charge in [0.1, 0.15) is 5.82 Å². The Kier molecular flexibility index (Phi) is 8.85. The Hall–Kier alpha value is -3.65. The molecular weight excluding hydrogens is 535 g/mol. The van der Waals surface area contributed by atoms with Crippen molar-refractivity contribution in [3.63, 3.8) is 0 Å². The first-order chi connectivity index (χ1) is 19.4. The normalized spacial score (nSPS) is 18.7. The van der Waals surface area contributed by atoms with Gasteiger partial charge < -0.3 is 19.1 Å². The molecule has 210 valence electrons. The van der Waals surface area contributed by atoms with E-state index in [1.165, 1.54) is 7.11 Å². The molecule has 0 N–H and O–H groups in total. The number of pyridine rings is 1. The lowest BCUT2D eigenvalue weighted by molar-refractivity contribution is 0.0247. The number of esters is 2. The maximum atomic E-state index is 15.2. The summed E-state index contributed by atoms with van der Waals surface area (Å²) in [5.74, 6) is 0.127. The molecule has 2 atom stereocenters. The highest BCUT2D eigenvalue weighted by molar-refractivity contribution is 6.30. The predicted octanol–water partition coefficient (Wildman–Crippen LogP) is 6.27. The van der Waals surface area contributed by atoms with Gasteiger partial charge in [0.05, 0.1) is 30.9 Å². The summed E-state index contributed by atoms with van der Waals surface area (Å²) in [6, 6.07) is 15.7. The fraction of sp³-hybridized carbons (Fsp3) is 0.387. The summed E-state index contributed by atoms with van der Waals surface area (Å²) in [5.41, 5.74) is 2.08. The van der Waals surface area contributed by atoms with E-state index in [9.17, 15) is 9.59 Å². The number of carbonyl (C=O) groups is 2. The molecule has 1 aliphatic heterocycles. The molecule has 1 aliphatic carbocycles. The molecule has 0 bridgehead atoms. The lowest BCUT2D eigenvalue weighted by atomic mass is 9.73. The zero-order chi connectivity index (χ0) is 28.1. The van der Waals surface area contributed by atoms with Crippen molar-refractivity contribution >= 4 is 29.4 Å². The molecule has 2 aliphatic rings. The minimum Gasteiger partial charge on any atom is -0.490 e. The SMILES string of the molecule is COC(=O)c1ccc2c(n1)N(C[C@@H]1CC[C@H]1COC(=O)c1ccccc1)Cc1ccc(Cl)c(F)c1CCCCO2. The lowest BCUT2D eigenvalue weighted by Gasteiger charge is -2.40. The molecule has 0 radical (unpaired) electrons. The van der Waals surface area contributed by atoms with Crippen molar-refractivity contribution in [2.24, 2.45) is 11.8 Å². The van der Waals surface area contributed by atoms with E-state index in [0.29, 0.717) is 55.4 Å². The number of aromatic nitrogens is 1. The summed E-state index contributed by atoms with van der Waals surface area (Å²) in [6.45, 7) is 1.65. The molecule has 1 saturated carbocycles. The van der Waals surface area contributed by atoms with E-state index in [0.717, 1.165) is 31.2 Å². The highest BCUT2D eigenvalue weighted by Crippen LogP contribution is 2.39. The van der Waals surface area contributed by atoms with E-state index >= 15 is 4.39 Å². The van der Waals surface area contributed by atoms with Gasteiger partial charge in [0.15, 0.2) is 17.3 Å². The van der Waals surface area contributed by atoms with Gasteiger partial charge >= 0.3 is 11.9 Å². The Morgan fingerprint density at radius 2 is 1.85 bits per heavy atom. The standard InChI is InChI=1S/C31H32ClFN2O5/c1-38-31(37)26-14-15-27-29(34-26)35(18-22-12-13-25(32)28(33)24(22)9-5-6-16-39-27)17-21-10-11-23(21)19-40-30(36)20-7-3-2-4-8-20/h2-4,7-8,12-15,21,23H,5-6,9-11,16-19H2,1H3/t21-,23-/m0/s1. The smallest absolute Gasteiger partial charge is 0.356 e. The van der Waals surface area contributed by atoms with Crippen molar-refractivity contribution in [2.75, 3.05) is 31.8 Å². The molecule has 1 aromatic heterocycles. The van der Waals surface area contributed by atoms with Gasteiger partial charge in [-0.15, -0.1) is 0 Å². The number of fused-ring (bicyclic) bond motifs is 2. The monoisotopic (exact) mass is 566 g/mol. The molecule has 0 spiro atoms. The van der Waals surface area contributed by atoms with Crippen molar-refractivity contribution in [3.05, 3.63) is 87.8 Å². The van der Waals surface area contributed by atoms with Crippen molar-refractivity contribution < 1.29 is 28.2 Å². The van der Waals surface area contributed by atoms with Crippen LogP contribution in [0, 0.1) is 17.7 Å². The first-order valence-electron chi connectivity index (χ1n) is 13.6. The number of anilines is 1. The molecule has 2 aromatic carbocycles. The van der Waals surface area contributed by atoms with Gasteiger partial charge in [0.25, 0.3) is 0 Å². The van der Waals surface area contributed by atoms with Crippen LogP contribution in [0.1, 0.15) is 57.7 Å². The Bertz CT molecular complexity index is 1370.